The molecule has 18 heteroatoms. The summed E-state index contributed by atoms with van der Waals surface area (Å²) in [4.78, 5) is 48.6. The number of nitrogens with zero attached hydrogens (tertiary/aromatic N) is 6. The van der Waals surface area contributed by atoms with Gasteiger partial charge in [-0.1, -0.05) is 11.6 Å². The largest absolute Gasteiger partial charge is 0.542 e. The second-order valence-corrected chi connectivity index (χ2v) is 11.4. The number of carboxylic acids is 1. The average Bonchev–Trinajstić information content (AvgIpc) is 3.36. The van der Waals surface area contributed by atoms with Gasteiger partial charge in [-0.05, 0) is 52.0 Å². The van der Waals surface area contributed by atoms with Gasteiger partial charge in [-0.3, -0.25) is 14.6 Å². The highest BCUT2D eigenvalue weighted by molar-refractivity contribution is 6.29. The average molecular weight is 724 g/mol. The molecule has 3 aromatic heterocycles. The number of carboxylic acid groups (broad SMARTS) is 1. The van der Waals surface area contributed by atoms with Crippen molar-refractivity contribution >= 4 is 46.1 Å². The Morgan fingerprint density at radius 3 is 2.46 bits per heavy atom. The quantitative estimate of drug-likeness (QED) is 0.135. The van der Waals surface area contributed by atoms with Crippen LogP contribution in [0.3, 0.4) is 0 Å². The van der Waals surface area contributed by atoms with Crippen LogP contribution in [0.4, 0.5) is 19.0 Å². The normalized spacial score (nSPS) is 11.9. The lowest BCUT2D eigenvalue weighted by Crippen LogP contribution is -2.39. The highest BCUT2D eigenvalue weighted by Gasteiger charge is 2.29. The second kappa shape index (κ2) is 17.1. The molecule has 270 valence electrons. The first-order valence-electron chi connectivity index (χ1n) is 15.3. The number of aliphatic carboxylic acids is 1. The van der Waals surface area contributed by atoms with Crippen LogP contribution >= 0.6 is 11.6 Å². The summed E-state index contributed by atoms with van der Waals surface area (Å²) < 4.78 is 41.7. The molecule has 0 aliphatic rings. The SMILES string of the molecule is CCn1c(CCC(=O)c2nc(Cl)cnc2N)[n+](CC)c2ccc(OCC(=O)N(Cc3nc(C)ccc3O)C[C@H](C)O)cc21.O=C([O-])C(F)(F)F. The Labute approximate surface area is 289 Å². The number of nitrogens with two attached hydrogens (primary N) is 1. The van der Waals surface area contributed by atoms with E-state index in [0.717, 1.165) is 16.9 Å². The van der Waals surface area contributed by atoms with Crippen molar-refractivity contribution in [2.45, 2.75) is 72.5 Å². The van der Waals surface area contributed by atoms with E-state index in [1.54, 1.807) is 26.0 Å². The van der Waals surface area contributed by atoms with Gasteiger partial charge < -0.3 is 35.5 Å². The van der Waals surface area contributed by atoms with Gasteiger partial charge in [0.1, 0.15) is 34.0 Å². The first-order valence-corrected chi connectivity index (χ1v) is 15.7. The summed E-state index contributed by atoms with van der Waals surface area (Å²) in [6.07, 6.45) is -4.07. The molecule has 50 heavy (non-hydrogen) atoms. The number of carbonyl (C=O) groups excluding carboxylic acids is 3. The van der Waals surface area contributed by atoms with Crippen LogP contribution in [0.5, 0.6) is 11.5 Å². The van der Waals surface area contributed by atoms with Crippen LogP contribution in [0.1, 0.15) is 54.9 Å². The smallest absolute Gasteiger partial charge is 0.430 e. The minimum atomic E-state index is -5.19. The number of aliphatic hydroxyl groups excluding tert-OH is 1. The Bertz CT molecular complexity index is 1850. The lowest BCUT2D eigenvalue weighted by atomic mass is 10.1. The third-order valence-electron chi connectivity index (χ3n) is 7.26. The van der Waals surface area contributed by atoms with Crippen molar-refractivity contribution in [1.82, 2.24) is 24.4 Å². The molecule has 1 atom stereocenters. The maximum absolute atomic E-state index is 13.2. The third-order valence-corrected chi connectivity index (χ3v) is 7.44. The van der Waals surface area contributed by atoms with E-state index in [-0.39, 0.29) is 60.2 Å². The number of ketones is 1. The van der Waals surface area contributed by atoms with Crippen molar-refractivity contribution in [2.24, 2.45) is 0 Å². The molecule has 14 nitrogen and oxygen atoms in total. The van der Waals surface area contributed by atoms with Crippen molar-refractivity contribution < 1.29 is 52.2 Å². The number of nitrogen functional groups attached to an aromatic ring is 1. The van der Waals surface area contributed by atoms with E-state index < -0.39 is 18.2 Å². The summed E-state index contributed by atoms with van der Waals surface area (Å²) in [5, 5.41) is 29.1. The number of aromatic nitrogens is 5. The molecule has 0 spiro atoms. The number of hydrogen-bond donors (Lipinski definition) is 3. The number of alkyl halides is 3. The Morgan fingerprint density at radius 1 is 1.18 bits per heavy atom. The number of rotatable bonds is 13. The van der Waals surface area contributed by atoms with E-state index >= 15 is 0 Å². The molecule has 1 amide bonds. The topological polar surface area (TPSA) is 201 Å². The first kappa shape index (κ1) is 39.4. The zero-order chi connectivity index (χ0) is 37.3. The van der Waals surface area contributed by atoms with Crippen LogP contribution in [0.15, 0.2) is 36.5 Å². The molecule has 0 radical (unpaired) electrons. The number of aromatic hydroxyl groups is 1. The van der Waals surface area contributed by atoms with Gasteiger partial charge in [0.2, 0.25) is 0 Å². The van der Waals surface area contributed by atoms with Gasteiger partial charge in [-0.15, -0.1) is 0 Å². The Balaban J connectivity index is 0.000000872. The number of pyridine rings is 1. The summed E-state index contributed by atoms with van der Waals surface area (Å²) >= 11 is 5.93. The molecular formula is C32H37ClF3N7O7. The van der Waals surface area contributed by atoms with E-state index in [9.17, 15) is 33.0 Å². The number of carbonyl (C=O) groups is 3. The minimum Gasteiger partial charge on any atom is -0.542 e. The number of hydrogen-bond acceptors (Lipinski definition) is 11. The fourth-order valence-corrected chi connectivity index (χ4v) is 5.21. The number of fused-ring (bicyclic) bond motifs is 1. The highest BCUT2D eigenvalue weighted by atomic mass is 35.5. The molecule has 0 saturated heterocycles. The molecule has 1 aromatic carbocycles. The van der Waals surface area contributed by atoms with Gasteiger partial charge in [-0.2, -0.15) is 13.2 Å². The number of ether oxygens (including phenoxy) is 1. The third kappa shape index (κ3) is 10.2. The van der Waals surface area contributed by atoms with Gasteiger partial charge in [0, 0.05) is 24.7 Å². The molecule has 0 bridgehead atoms. The van der Waals surface area contributed by atoms with Crippen molar-refractivity contribution in [1.29, 1.82) is 0 Å². The molecule has 4 aromatic rings. The number of Topliss-reactive ketones (excluding diaryl/α,β-unsaturated/α-hetero) is 1. The Kier molecular flexibility index (Phi) is 13.5. The van der Waals surface area contributed by atoms with Crippen LogP contribution in [-0.2, 0) is 35.6 Å². The molecule has 4 N–H and O–H groups in total. The molecular weight excluding hydrogens is 687 g/mol. The van der Waals surface area contributed by atoms with Crippen molar-refractivity contribution in [3.05, 3.63) is 64.6 Å². The fourth-order valence-electron chi connectivity index (χ4n) is 5.07. The monoisotopic (exact) mass is 723 g/mol. The number of benzene rings is 1. The molecule has 0 aliphatic carbocycles. The predicted molar refractivity (Wildman–Crippen MR) is 172 cm³/mol. The lowest BCUT2D eigenvalue weighted by molar-refractivity contribution is -0.676. The zero-order valence-electron chi connectivity index (χ0n) is 27.7. The van der Waals surface area contributed by atoms with Crippen molar-refractivity contribution in [3.8, 4) is 11.5 Å². The van der Waals surface area contributed by atoms with Gasteiger partial charge in [0.25, 0.3) is 11.7 Å². The highest BCUT2D eigenvalue weighted by Crippen LogP contribution is 2.24. The van der Waals surface area contributed by atoms with E-state index in [4.69, 9.17) is 32.0 Å². The van der Waals surface area contributed by atoms with Crippen LogP contribution in [0, 0.1) is 6.92 Å². The molecule has 4 rings (SSSR count). The number of imidazole rings is 1. The maximum Gasteiger partial charge on any atom is 0.430 e. The van der Waals surface area contributed by atoms with Gasteiger partial charge >= 0.3 is 6.18 Å². The number of halogens is 4. The molecule has 3 heterocycles. The Morgan fingerprint density at radius 2 is 1.86 bits per heavy atom. The lowest BCUT2D eigenvalue weighted by Gasteiger charge is -2.24. The van der Waals surface area contributed by atoms with E-state index in [0.29, 0.717) is 36.6 Å². The maximum atomic E-state index is 13.2. The van der Waals surface area contributed by atoms with Crippen molar-refractivity contribution in [3.63, 3.8) is 0 Å². The van der Waals surface area contributed by atoms with Gasteiger partial charge in [0.05, 0.1) is 38.4 Å². The molecule has 0 unspecified atom stereocenters. The summed E-state index contributed by atoms with van der Waals surface area (Å²) in [6.45, 7) is 8.57. The van der Waals surface area contributed by atoms with Crippen LogP contribution in [0.25, 0.3) is 11.0 Å². The number of aliphatic hydroxyl groups is 1. The standard InChI is InChI=1S/C30H36ClN7O5.C2HF3O2/c1-5-37-22-9-8-20(43-17-28(42)36(15-19(4)39)16-21-24(40)10-7-18(3)34-21)13-23(22)38(6-2)27(37)12-11-25(41)29-30(32)33-14-26(31)35-29;3-2(4,5)1(6)7/h7-10,13-14,19,39H,5-6,11-12,15-17H2,1-4H3,(H2-,32,33,40,41);(H,6,7)/t19-;/m0./s1. The first-order chi connectivity index (χ1) is 23.5. The molecule has 0 aliphatic heterocycles. The van der Waals surface area contributed by atoms with E-state index in [1.807, 2.05) is 26.0 Å². The Hall–Kier alpha value is -5.03. The fraction of sp³-hybridized carbons (Fsp3) is 0.406. The van der Waals surface area contributed by atoms with Gasteiger partial charge in [0.15, 0.2) is 29.2 Å². The molecule has 0 saturated carbocycles. The number of anilines is 1. The second-order valence-electron chi connectivity index (χ2n) is 11.0. The van der Waals surface area contributed by atoms with Gasteiger partial charge in [-0.25, -0.2) is 19.1 Å². The number of amides is 1. The summed E-state index contributed by atoms with van der Waals surface area (Å²) in [5.41, 5.74) is 8.83. The summed E-state index contributed by atoms with van der Waals surface area (Å²) in [5.74, 6) is -2.15. The van der Waals surface area contributed by atoms with Crippen LogP contribution in [-0.4, -0.2) is 77.7 Å². The number of aryl methyl sites for hydroxylation is 3. The van der Waals surface area contributed by atoms with Crippen molar-refractivity contribution in [2.75, 3.05) is 18.9 Å². The van der Waals surface area contributed by atoms with Crippen LogP contribution < -0.4 is 20.1 Å². The minimum absolute atomic E-state index is 0.0219. The summed E-state index contributed by atoms with van der Waals surface area (Å²) in [6, 6.07) is 8.81. The zero-order valence-corrected chi connectivity index (χ0v) is 28.5. The predicted octanol–water partition coefficient (Wildman–Crippen LogP) is 2.31. The van der Waals surface area contributed by atoms with Crippen LogP contribution in [0.2, 0.25) is 5.15 Å². The van der Waals surface area contributed by atoms with E-state index in [1.165, 1.54) is 17.2 Å². The summed E-state index contributed by atoms with van der Waals surface area (Å²) in [7, 11) is 0. The van der Waals surface area contributed by atoms with E-state index in [2.05, 4.69) is 24.1 Å². The molecule has 0 fully saturated rings.